The fraction of sp³-hybridized carbons (Fsp3) is 0.658. The maximum atomic E-state index is 12.5. The first kappa shape index (κ1) is 41.1. The number of nitrogens with one attached hydrogen (secondary N) is 1. The number of ether oxygens (including phenoxy) is 1. The van der Waals surface area contributed by atoms with Crippen LogP contribution in [-0.4, -0.2) is 35.6 Å². The molecule has 0 rings (SSSR count). The summed E-state index contributed by atoms with van der Waals surface area (Å²) < 4.78 is 5.82. The molecule has 0 saturated heterocycles. The lowest BCUT2D eigenvalue weighted by Crippen LogP contribution is -2.28. The minimum atomic E-state index is -1.03. The van der Waals surface area contributed by atoms with E-state index in [0.717, 1.165) is 89.9 Å². The Morgan fingerprint density at radius 2 is 1.18 bits per heavy atom. The van der Waals surface area contributed by atoms with Gasteiger partial charge in [0.05, 0.1) is 0 Å². The van der Waals surface area contributed by atoms with Crippen LogP contribution >= 0.6 is 0 Å². The molecule has 1 amide bonds. The largest absolute Gasteiger partial charge is 0.480 e. The summed E-state index contributed by atoms with van der Waals surface area (Å²) in [6.07, 6.45) is 42.2. The van der Waals surface area contributed by atoms with E-state index in [2.05, 4.69) is 73.8 Å². The summed E-state index contributed by atoms with van der Waals surface area (Å²) in [6.45, 7) is 3.98. The van der Waals surface area contributed by atoms with E-state index in [-0.39, 0.29) is 24.5 Å². The summed E-state index contributed by atoms with van der Waals surface area (Å²) in [5.41, 5.74) is 0. The third kappa shape index (κ3) is 32.0. The molecule has 6 heteroatoms. The van der Waals surface area contributed by atoms with Gasteiger partial charge in [-0.05, 0) is 76.7 Å². The molecule has 6 nitrogen and oxygen atoms in total. The van der Waals surface area contributed by atoms with Gasteiger partial charge >= 0.3 is 11.9 Å². The summed E-state index contributed by atoms with van der Waals surface area (Å²) in [5, 5.41) is 11.0. The van der Waals surface area contributed by atoms with Crippen molar-refractivity contribution in [1.29, 1.82) is 0 Å². The number of carbonyl (C=O) groups is 3. The molecule has 0 spiro atoms. The molecule has 1 atom stereocenters. The molecule has 0 aliphatic heterocycles. The van der Waals surface area contributed by atoms with E-state index in [9.17, 15) is 14.4 Å². The Kier molecular flexibility index (Phi) is 30.8. The van der Waals surface area contributed by atoms with Crippen LogP contribution in [0.15, 0.2) is 60.8 Å². The lowest BCUT2D eigenvalue weighted by molar-refractivity contribution is -0.147. The van der Waals surface area contributed by atoms with Gasteiger partial charge in [0.1, 0.15) is 12.6 Å². The Morgan fingerprint density at radius 3 is 1.84 bits per heavy atom. The smallest absolute Gasteiger partial charge is 0.322 e. The number of hydrogen-bond acceptors (Lipinski definition) is 4. The van der Waals surface area contributed by atoms with Crippen LogP contribution in [0.1, 0.15) is 149 Å². The maximum Gasteiger partial charge on any atom is 0.322 e. The predicted octanol–water partition coefficient (Wildman–Crippen LogP) is 10.1. The molecule has 0 radical (unpaired) electrons. The van der Waals surface area contributed by atoms with Crippen molar-refractivity contribution in [3.05, 3.63) is 60.8 Å². The highest BCUT2D eigenvalue weighted by Gasteiger charge is 2.11. The van der Waals surface area contributed by atoms with Crippen LogP contribution in [0.4, 0.5) is 0 Å². The minimum absolute atomic E-state index is 0.115. The second-order valence-electron chi connectivity index (χ2n) is 11.4. The molecule has 250 valence electrons. The lowest BCUT2D eigenvalue weighted by Gasteiger charge is -2.14. The predicted molar refractivity (Wildman–Crippen MR) is 185 cm³/mol. The number of allylic oxidation sites excluding steroid dienone is 9. The number of hydrogen-bond donors (Lipinski definition) is 2. The molecule has 0 aliphatic rings. The zero-order chi connectivity index (χ0) is 32.4. The number of rotatable bonds is 30. The Bertz CT molecular complexity index is 855. The highest BCUT2D eigenvalue weighted by molar-refractivity contribution is 5.80. The van der Waals surface area contributed by atoms with E-state index in [0.29, 0.717) is 12.8 Å². The van der Waals surface area contributed by atoms with Crippen LogP contribution in [-0.2, 0) is 19.1 Å². The Hall–Kier alpha value is -2.89. The Morgan fingerprint density at radius 1 is 0.636 bits per heavy atom. The minimum Gasteiger partial charge on any atom is -0.480 e. The van der Waals surface area contributed by atoms with E-state index in [1.807, 2.05) is 6.08 Å². The fourth-order valence-corrected chi connectivity index (χ4v) is 4.60. The molecular weight excluding hydrogens is 550 g/mol. The number of unbranched alkanes of at least 4 members (excludes halogenated alkanes) is 11. The third-order valence-corrected chi connectivity index (χ3v) is 7.14. The molecule has 0 saturated carbocycles. The van der Waals surface area contributed by atoms with Gasteiger partial charge in [-0.2, -0.15) is 0 Å². The van der Waals surface area contributed by atoms with E-state index in [4.69, 9.17) is 9.84 Å². The molecule has 0 fully saturated rings. The van der Waals surface area contributed by atoms with Crippen LogP contribution in [0.3, 0.4) is 0 Å². The third-order valence-electron chi connectivity index (χ3n) is 7.14. The number of esters is 1. The zero-order valence-corrected chi connectivity index (χ0v) is 28.0. The second kappa shape index (κ2) is 33.0. The number of carbonyl (C=O) groups excluding carboxylic acids is 2. The standard InChI is InChI=1S/C38H63NO5/c1-3-5-7-9-11-12-13-14-15-16-17-18-19-20-21-23-29-33-38(43)44-35(30-26-22-10-8-6-4-2)31-27-24-25-28-32-36(40)39-34-37(41)42/h5,7-8,10-12,14-15,26,30,35H,3-4,6,9,13,16-25,27-29,31-34H2,1-2H3,(H,39,40)(H,41,42)/b7-5-,10-8-,12-11-,15-14-,30-26-. The van der Waals surface area contributed by atoms with Gasteiger partial charge in [-0.1, -0.05) is 120 Å². The zero-order valence-electron chi connectivity index (χ0n) is 28.0. The van der Waals surface area contributed by atoms with Crippen LogP contribution in [0.5, 0.6) is 0 Å². The maximum absolute atomic E-state index is 12.5. The average molecular weight is 614 g/mol. The van der Waals surface area contributed by atoms with Crippen molar-refractivity contribution in [2.24, 2.45) is 0 Å². The van der Waals surface area contributed by atoms with Crippen LogP contribution in [0.25, 0.3) is 0 Å². The first-order valence-corrected chi connectivity index (χ1v) is 17.4. The van der Waals surface area contributed by atoms with Crippen molar-refractivity contribution < 1.29 is 24.2 Å². The van der Waals surface area contributed by atoms with Gasteiger partial charge in [0.25, 0.3) is 0 Å². The van der Waals surface area contributed by atoms with Gasteiger partial charge in [0.15, 0.2) is 0 Å². The SMILES string of the molecule is CC/C=C\C/C=C\C/C=C\CCCCCCCCCC(=O)OC(/C=C\C/C=C\CCC)CCCCCCC(=O)NCC(=O)O. The van der Waals surface area contributed by atoms with E-state index in [1.165, 1.54) is 32.1 Å². The van der Waals surface area contributed by atoms with E-state index in [1.54, 1.807) is 0 Å². The van der Waals surface area contributed by atoms with Gasteiger partial charge in [-0.25, -0.2) is 0 Å². The first-order valence-electron chi connectivity index (χ1n) is 17.4. The van der Waals surface area contributed by atoms with Crippen molar-refractivity contribution in [1.82, 2.24) is 5.32 Å². The van der Waals surface area contributed by atoms with Crippen molar-refractivity contribution in [3.63, 3.8) is 0 Å². The molecule has 0 aromatic carbocycles. The molecule has 0 aromatic rings. The molecule has 44 heavy (non-hydrogen) atoms. The number of amides is 1. The topological polar surface area (TPSA) is 92.7 Å². The highest BCUT2D eigenvalue weighted by atomic mass is 16.5. The first-order chi connectivity index (χ1) is 21.5. The van der Waals surface area contributed by atoms with Crippen molar-refractivity contribution in [2.45, 2.75) is 155 Å². The van der Waals surface area contributed by atoms with Crippen molar-refractivity contribution >= 4 is 17.8 Å². The lowest BCUT2D eigenvalue weighted by atomic mass is 10.1. The molecule has 0 aliphatic carbocycles. The normalized spacial score (nSPS) is 12.8. The summed E-state index contributed by atoms with van der Waals surface area (Å²) in [4.78, 5) is 34.7. The van der Waals surface area contributed by atoms with E-state index >= 15 is 0 Å². The van der Waals surface area contributed by atoms with Crippen LogP contribution in [0, 0.1) is 0 Å². The second-order valence-corrected chi connectivity index (χ2v) is 11.4. The number of carboxylic acids is 1. The van der Waals surface area contributed by atoms with Crippen LogP contribution in [0.2, 0.25) is 0 Å². The number of aliphatic carboxylic acids is 1. The van der Waals surface area contributed by atoms with Crippen LogP contribution < -0.4 is 5.32 Å². The molecule has 0 bridgehead atoms. The summed E-state index contributed by atoms with van der Waals surface area (Å²) in [7, 11) is 0. The van der Waals surface area contributed by atoms with E-state index < -0.39 is 5.97 Å². The molecule has 1 unspecified atom stereocenters. The fourth-order valence-electron chi connectivity index (χ4n) is 4.60. The van der Waals surface area contributed by atoms with Gasteiger partial charge < -0.3 is 15.2 Å². The summed E-state index contributed by atoms with van der Waals surface area (Å²) in [6, 6.07) is 0. The van der Waals surface area contributed by atoms with Gasteiger partial charge in [-0.3, -0.25) is 14.4 Å². The summed E-state index contributed by atoms with van der Waals surface area (Å²) >= 11 is 0. The quantitative estimate of drug-likeness (QED) is 0.0478. The van der Waals surface area contributed by atoms with Gasteiger partial charge in [0, 0.05) is 12.8 Å². The average Bonchev–Trinajstić information content (AvgIpc) is 3.00. The molecule has 2 N–H and O–H groups in total. The summed E-state index contributed by atoms with van der Waals surface area (Å²) in [5.74, 6) is -1.37. The molecule has 0 heterocycles. The molecular formula is C38H63NO5. The molecule has 0 aromatic heterocycles. The highest BCUT2D eigenvalue weighted by Crippen LogP contribution is 2.14. The van der Waals surface area contributed by atoms with Gasteiger partial charge in [0.2, 0.25) is 5.91 Å². The Balaban J connectivity index is 4.09. The Labute approximate surface area is 269 Å². The van der Waals surface area contributed by atoms with Gasteiger partial charge in [-0.15, -0.1) is 0 Å². The van der Waals surface area contributed by atoms with Crippen molar-refractivity contribution in [3.8, 4) is 0 Å². The van der Waals surface area contributed by atoms with Crippen molar-refractivity contribution in [2.75, 3.05) is 6.54 Å². The monoisotopic (exact) mass is 613 g/mol. The number of carboxylic acid groups (broad SMARTS) is 1.